The maximum absolute atomic E-state index is 12.3. The molecular weight excluding hydrogens is 360 g/mol. The number of thioether (sulfide) groups is 1. The largest absolute Gasteiger partial charge is 0.469 e. The summed E-state index contributed by atoms with van der Waals surface area (Å²) in [5.41, 5.74) is 1.96. The molecule has 0 saturated carbocycles. The van der Waals surface area contributed by atoms with Crippen molar-refractivity contribution in [3.63, 3.8) is 0 Å². The highest BCUT2D eigenvalue weighted by Crippen LogP contribution is 2.27. The van der Waals surface area contributed by atoms with Gasteiger partial charge in [0.2, 0.25) is 5.91 Å². The Morgan fingerprint density at radius 3 is 2.78 bits per heavy atom. The van der Waals surface area contributed by atoms with E-state index in [-0.39, 0.29) is 17.7 Å². The molecule has 2 aromatic heterocycles. The van der Waals surface area contributed by atoms with Crippen molar-refractivity contribution in [2.45, 2.75) is 31.6 Å². The minimum Gasteiger partial charge on any atom is -0.469 e. The van der Waals surface area contributed by atoms with Gasteiger partial charge in [0.15, 0.2) is 11.0 Å². The van der Waals surface area contributed by atoms with E-state index in [9.17, 15) is 4.79 Å². The van der Waals surface area contributed by atoms with Crippen LogP contribution in [0.4, 0.5) is 0 Å². The number of hydrogen-bond donors (Lipinski definition) is 1. The molecule has 0 spiro atoms. The molecule has 0 aliphatic rings. The number of rotatable bonds is 8. The van der Waals surface area contributed by atoms with Crippen LogP contribution in [0.5, 0.6) is 0 Å². The van der Waals surface area contributed by atoms with Crippen molar-refractivity contribution in [2.75, 3.05) is 5.75 Å². The first-order valence-corrected chi connectivity index (χ1v) is 9.64. The molecule has 0 bridgehead atoms. The summed E-state index contributed by atoms with van der Waals surface area (Å²) in [6, 6.07) is 11.7. The highest BCUT2D eigenvalue weighted by molar-refractivity contribution is 7.99. The predicted molar refractivity (Wildman–Crippen MR) is 106 cm³/mol. The van der Waals surface area contributed by atoms with Crippen LogP contribution in [0.25, 0.3) is 11.4 Å². The summed E-state index contributed by atoms with van der Waals surface area (Å²) < 4.78 is 7.30. The van der Waals surface area contributed by atoms with Gasteiger partial charge in [-0.2, -0.15) is 0 Å². The van der Waals surface area contributed by atoms with Crippen LogP contribution in [0.15, 0.2) is 64.9 Å². The maximum Gasteiger partial charge on any atom is 0.230 e. The lowest BCUT2D eigenvalue weighted by molar-refractivity contribution is -0.119. The van der Waals surface area contributed by atoms with Gasteiger partial charge in [-0.3, -0.25) is 9.36 Å². The molecule has 0 aliphatic heterocycles. The number of carbonyl (C=O) groups is 1. The molecule has 1 N–H and O–H groups in total. The van der Waals surface area contributed by atoms with Gasteiger partial charge in [0.1, 0.15) is 5.76 Å². The zero-order valence-corrected chi connectivity index (χ0v) is 16.2. The monoisotopic (exact) mass is 382 g/mol. The van der Waals surface area contributed by atoms with Gasteiger partial charge in [-0.15, -0.1) is 16.8 Å². The van der Waals surface area contributed by atoms with Crippen molar-refractivity contribution in [1.82, 2.24) is 20.1 Å². The number of nitrogens with one attached hydrogen (secondary N) is 1. The fourth-order valence-electron chi connectivity index (χ4n) is 2.74. The molecule has 1 aromatic carbocycles. The minimum atomic E-state index is -0.0504. The fourth-order valence-corrected chi connectivity index (χ4v) is 3.50. The normalized spacial score (nSPS) is 11.9. The van der Waals surface area contributed by atoms with E-state index in [1.165, 1.54) is 11.8 Å². The lowest BCUT2D eigenvalue weighted by Gasteiger charge is -2.14. The number of nitrogens with zero attached hydrogens (tertiary/aromatic N) is 3. The molecule has 0 radical (unpaired) electrons. The summed E-state index contributed by atoms with van der Waals surface area (Å²) in [6.07, 6.45) is 3.41. The van der Waals surface area contributed by atoms with Crippen LogP contribution < -0.4 is 5.32 Å². The second-order valence-electron chi connectivity index (χ2n) is 6.08. The van der Waals surface area contributed by atoms with Crippen LogP contribution in [0.2, 0.25) is 0 Å². The van der Waals surface area contributed by atoms with Gasteiger partial charge >= 0.3 is 0 Å². The first-order valence-electron chi connectivity index (χ1n) is 8.65. The molecule has 1 unspecified atom stereocenters. The fraction of sp³-hybridized carbons (Fsp3) is 0.250. The molecule has 0 aliphatic carbocycles. The first kappa shape index (κ1) is 19.0. The molecule has 3 aromatic rings. The van der Waals surface area contributed by atoms with Gasteiger partial charge in [0.25, 0.3) is 0 Å². The van der Waals surface area contributed by atoms with Crippen LogP contribution in [-0.2, 0) is 11.3 Å². The maximum atomic E-state index is 12.3. The Labute approximate surface area is 162 Å². The number of benzene rings is 1. The number of carbonyl (C=O) groups excluding carboxylic acids is 1. The number of aromatic nitrogens is 3. The molecule has 1 amide bonds. The van der Waals surface area contributed by atoms with Gasteiger partial charge in [-0.1, -0.05) is 48.2 Å². The van der Waals surface area contributed by atoms with Crippen molar-refractivity contribution in [3.05, 3.63) is 66.6 Å². The Hall–Kier alpha value is -2.80. The van der Waals surface area contributed by atoms with Crippen LogP contribution in [0.1, 0.15) is 24.3 Å². The van der Waals surface area contributed by atoms with Gasteiger partial charge in [0, 0.05) is 6.54 Å². The van der Waals surface area contributed by atoms with Crippen molar-refractivity contribution in [1.29, 1.82) is 0 Å². The molecule has 0 saturated heterocycles. The highest BCUT2D eigenvalue weighted by Gasteiger charge is 2.18. The summed E-state index contributed by atoms with van der Waals surface area (Å²) in [4.78, 5) is 12.3. The van der Waals surface area contributed by atoms with E-state index in [0.29, 0.717) is 17.5 Å². The first-order chi connectivity index (χ1) is 13.1. The highest BCUT2D eigenvalue weighted by atomic mass is 32.2. The van der Waals surface area contributed by atoms with Crippen molar-refractivity contribution in [3.8, 4) is 11.4 Å². The molecule has 140 valence electrons. The Morgan fingerprint density at radius 2 is 2.11 bits per heavy atom. The number of allylic oxidation sites excluding steroid dienone is 1. The molecule has 0 fully saturated rings. The molecule has 2 heterocycles. The van der Waals surface area contributed by atoms with Gasteiger partial charge in [-0.25, -0.2) is 0 Å². The smallest absolute Gasteiger partial charge is 0.230 e. The average molecular weight is 382 g/mol. The molecular formula is C20H22N4O2S. The van der Waals surface area contributed by atoms with E-state index in [4.69, 9.17) is 4.42 Å². The number of amides is 1. The number of aryl methyl sites for hydroxylation is 1. The quantitative estimate of drug-likeness (QED) is 0.471. The Kier molecular flexibility index (Phi) is 6.13. The summed E-state index contributed by atoms with van der Waals surface area (Å²) in [7, 11) is 0. The summed E-state index contributed by atoms with van der Waals surface area (Å²) >= 11 is 1.36. The predicted octanol–water partition coefficient (Wildman–Crippen LogP) is 4.00. The van der Waals surface area contributed by atoms with Crippen LogP contribution >= 0.6 is 11.8 Å². The number of hydrogen-bond acceptors (Lipinski definition) is 5. The molecule has 3 rings (SSSR count). The van der Waals surface area contributed by atoms with Gasteiger partial charge in [-0.05, 0) is 25.5 Å². The van der Waals surface area contributed by atoms with Gasteiger partial charge < -0.3 is 9.73 Å². The SMILES string of the molecule is C=CCn1c(SCC(=O)NC(C)c2ccccc2)nnc1-c1ccoc1C. The van der Waals surface area contributed by atoms with Crippen LogP contribution in [0.3, 0.4) is 0 Å². The molecule has 1 atom stereocenters. The second-order valence-corrected chi connectivity index (χ2v) is 7.03. The Bertz CT molecular complexity index is 917. The van der Waals surface area contributed by atoms with Crippen molar-refractivity contribution in [2.24, 2.45) is 0 Å². The van der Waals surface area contributed by atoms with E-state index < -0.39 is 0 Å². The van der Waals surface area contributed by atoms with Crippen molar-refractivity contribution < 1.29 is 9.21 Å². The average Bonchev–Trinajstić information content (AvgIpc) is 3.27. The third-order valence-corrected chi connectivity index (χ3v) is 5.10. The van der Waals surface area contributed by atoms with E-state index in [2.05, 4.69) is 22.1 Å². The van der Waals surface area contributed by atoms with Crippen LogP contribution in [0, 0.1) is 6.92 Å². The second kappa shape index (κ2) is 8.73. The zero-order chi connectivity index (χ0) is 19.2. The Morgan fingerprint density at radius 1 is 1.33 bits per heavy atom. The standard InChI is InChI=1S/C20H22N4O2S/c1-4-11-24-19(17-10-12-26-15(17)3)22-23-20(24)27-13-18(25)21-14(2)16-8-6-5-7-9-16/h4-10,12,14H,1,11,13H2,2-3H3,(H,21,25). The summed E-state index contributed by atoms with van der Waals surface area (Å²) in [5, 5.41) is 12.2. The molecule has 7 heteroatoms. The summed E-state index contributed by atoms with van der Waals surface area (Å²) in [5.74, 6) is 1.70. The van der Waals surface area contributed by atoms with Crippen molar-refractivity contribution >= 4 is 17.7 Å². The topological polar surface area (TPSA) is 73.0 Å². The van der Waals surface area contributed by atoms with E-state index in [1.54, 1.807) is 12.3 Å². The zero-order valence-electron chi connectivity index (χ0n) is 15.4. The third kappa shape index (κ3) is 4.49. The van der Waals surface area contributed by atoms with E-state index in [1.807, 2.05) is 54.8 Å². The van der Waals surface area contributed by atoms with Crippen LogP contribution in [-0.4, -0.2) is 26.4 Å². The lowest BCUT2D eigenvalue weighted by atomic mass is 10.1. The van der Waals surface area contributed by atoms with E-state index >= 15 is 0 Å². The van der Waals surface area contributed by atoms with Gasteiger partial charge in [0.05, 0.1) is 23.6 Å². The minimum absolute atomic E-state index is 0.0468. The molecule has 6 nitrogen and oxygen atoms in total. The van der Waals surface area contributed by atoms with E-state index in [0.717, 1.165) is 16.9 Å². The number of furan rings is 1. The Balaban J connectivity index is 1.67. The molecule has 27 heavy (non-hydrogen) atoms. The lowest BCUT2D eigenvalue weighted by Crippen LogP contribution is -2.28. The third-order valence-electron chi connectivity index (χ3n) is 4.14. The summed E-state index contributed by atoms with van der Waals surface area (Å²) in [6.45, 7) is 8.21.